The molecule has 0 saturated carbocycles. The minimum absolute atomic E-state index is 0.0463. The van der Waals surface area contributed by atoms with Crippen LogP contribution in [-0.2, 0) is 11.2 Å². The highest BCUT2D eigenvalue weighted by Gasteiger charge is 2.30. The van der Waals surface area contributed by atoms with E-state index in [1.165, 1.54) is 35.5 Å². The van der Waals surface area contributed by atoms with Gasteiger partial charge in [-0.05, 0) is 48.7 Å². The lowest BCUT2D eigenvalue weighted by Crippen LogP contribution is -2.47. The highest BCUT2D eigenvalue weighted by Crippen LogP contribution is 2.39. The van der Waals surface area contributed by atoms with Crippen LogP contribution in [0.25, 0.3) is 0 Å². The zero-order valence-corrected chi connectivity index (χ0v) is 13.4. The van der Waals surface area contributed by atoms with Gasteiger partial charge in [0.05, 0.1) is 11.4 Å². The molecule has 2 aromatic carbocycles. The van der Waals surface area contributed by atoms with E-state index in [1.54, 1.807) is 0 Å². The van der Waals surface area contributed by atoms with E-state index < -0.39 is 0 Å². The maximum absolute atomic E-state index is 12.9. The van der Waals surface area contributed by atoms with Crippen LogP contribution in [0.4, 0.5) is 15.8 Å². The van der Waals surface area contributed by atoms with Crippen molar-refractivity contribution < 1.29 is 13.9 Å². The van der Waals surface area contributed by atoms with Crippen LogP contribution in [-0.4, -0.2) is 32.1 Å². The van der Waals surface area contributed by atoms with Crippen LogP contribution < -0.4 is 14.5 Å². The standard InChI is InChI=1S/C19H19FN2O2/c20-15-6-8-16(9-7-15)24-13-18(23)22-12-11-21-10-2-4-14-3-1-5-17(22)19(14)21/h1,3,5-9H,2,4,10-13H2. The molecule has 124 valence electrons. The summed E-state index contributed by atoms with van der Waals surface area (Å²) >= 11 is 0. The second-order valence-corrected chi connectivity index (χ2v) is 6.16. The van der Waals surface area contributed by atoms with Gasteiger partial charge < -0.3 is 14.5 Å². The number of hydrogen-bond donors (Lipinski definition) is 0. The van der Waals surface area contributed by atoms with Gasteiger partial charge in [-0.25, -0.2) is 4.39 Å². The summed E-state index contributed by atoms with van der Waals surface area (Å²) < 4.78 is 18.4. The summed E-state index contributed by atoms with van der Waals surface area (Å²) in [5.41, 5.74) is 3.49. The number of halogens is 1. The lowest BCUT2D eigenvalue weighted by Gasteiger charge is -2.41. The number of ether oxygens (including phenoxy) is 1. The van der Waals surface area contributed by atoms with E-state index >= 15 is 0 Å². The number of carbonyl (C=O) groups is 1. The number of amides is 1. The number of hydrogen-bond acceptors (Lipinski definition) is 3. The number of carbonyl (C=O) groups excluding carboxylic acids is 1. The van der Waals surface area contributed by atoms with Crippen molar-refractivity contribution in [3.63, 3.8) is 0 Å². The van der Waals surface area contributed by atoms with Crippen molar-refractivity contribution in [2.24, 2.45) is 0 Å². The number of benzene rings is 2. The molecule has 2 heterocycles. The average Bonchev–Trinajstić information content (AvgIpc) is 2.62. The molecule has 2 aliphatic heterocycles. The predicted molar refractivity (Wildman–Crippen MR) is 91.2 cm³/mol. The molecule has 4 nitrogen and oxygen atoms in total. The largest absolute Gasteiger partial charge is 0.484 e. The Kier molecular flexibility index (Phi) is 3.84. The van der Waals surface area contributed by atoms with Crippen LogP contribution in [0.1, 0.15) is 12.0 Å². The molecule has 2 aliphatic rings. The highest BCUT2D eigenvalue weighted by molar-refractivity contribution is 5.99. The summed E-state index contributed by atoms with van der Waals surface area (Å²) in [6.07, 6.45) is 2.23. The number of anilines is 2. The van der Waals surface area contributed by atoms with Gasteiger partial charge in [0.15, 0.2) is 6.61 Å². The van der Waals surface area contributed by atoms with Gasteiger partial charge in [-0.1, -0.05) is 12.1 Å². The van der Waals surface area contributed by atoms with Crippen molar-refractivity contribution in [3.8, 4) is 5.75 Å². The number of nitrogens with zero attached hydrogens (tertiary/aromatic N) is 2. The van der Waals surface area contributed by atoms with E-state index in [4.69, 9.17) is 4.74 Å². The van der Waals surface area contributed by atoms with Crippen LogP contribution in [0.3, 0.4) is 0 Å². The Morgan fingerprint density at radius 1 is 1.08 bits per heavy atom. The fourth-order valence-electron chi connectivity index (χ4n) is 3.51. The Hall–Kier alpha value is -2.56. The highest BCUT2D eigenvalue weighted by atomic mass is 19.1. The van der Waals surface area contributed by atoms with Gasteiger partial charge in [0.1, 0.15) is 11.6 Å². The minimum atomic E-state index is -0.319. The number of aryl methyl sites for hydroxylation is 1. The lowest BCUT2D eigenvalue weighted by atomic mass is 9.98. The average molecular weight is 326 g/mol. The van der Waals surface area contributed by atoms with Crippen LogP contribution in [0.5, 0.6) is 5.75 Å². The fourth-order valence-corrected chi connectivity index (χ4v) is 3.51. The summed E-state index contributed by atoms with van der Waals surface area (Å²) in [5.74, 6) is 0.108. The first-order valence-electron chi connectivity index (χ1n) is 8.28. The zero-order chi connectivity index (χ0) is 16.5. The molecule has 2 aromatic rings. The molecule has 0 unspecified atom stereocenters. The SMILES string of the molecule is O=C(COc1ccc(F)cc1)N1CCN2CCCc3cccc1c32. The molecular weight excluding hydrogens is 307 g/mol. The van der Waals surface area contributed by atoms with Crippen molar-refractivity contribution in [2.75, 3.05) is 36.0 Å². The van der Waals surface area contributed by atoms with Crippen molar-refractivity contribution in [1.29, 1.82) is 0 Å². The Morgan fingerprint density at radius 2 is 1.92 bits per heavy atom. The first-order chi connectivity index (χ1) is 11.7. The van der Waals surface area contributed by atoms with Crippen LogP contribution in [0.2, 0.25) is 0 Å². The van der Waals surface area contributed by atoms with Crippen LogP contribution in [0.15, 0.2) is 42.5 Å². The van der Waals surface area contributed by atoms with Crippen LogP contribution in [0, 0.1) is 5.82 Å². The monoisotopic (exact) mass is 326 g/mol. The molecule has 1 amide bonds. The molecule has 0 spiro atoms. The number of rotatable bonds is 3. The molecule has 0 N–H and O–H groups in total. The molecule has 0 aromatic heterocycles. The normalized spacial score (nSPS) is 15.9. The topological polar surface area (TPSA) is 32.8 Å². The third-order valence-electron chi connectivity index (χ3n) is 4.65. The molecule has 4 rings (SSSR count). The maximum Gasteiger partial charge on any atom is 0.265 e. The van der Waals surface area contributed by atoms with Gasteiger partial charge in [-0.3, -0.25) is 4.79 Å². The zero-order valence-electron chi connectivity index (χ0n) is 13.4. The van der Waals surface area contributed by atoms with Gasteiger partial charge in [0.25, 0.3) is 5.91 Å². The lowest BCUT2D eigenvalue weighted by molar-refractivity contribution is -0.120. The molecule has 0 bridgehead atoms. The number of para-hydroxylation sites is 1. The van der Waals surface area contributed by atoms with Crippen molar-refractivity contribution in [2.45, 2.75) is 12.8 Å². The van der Waals surface area contributed by atoms with E-state index in [2.05, 4.69) is 11.0 Å². The van der Waals surface area contributed by atoms with Gasteiger partial charge >= 0.3 is 0 Å². The van der Waals surface area contributed by atoms with E-state index in [9.17, 15) is 9.18 Å². The molecule has 0 saturated heterocycles. The summed E-state index contributed by atoms with van der Waals surface area (Å²) in [6, 6.07) is 11.9. The van der Waals surface area contributed by atoms with Crippen LogP contribution >= 0.6 is 0 Å². The van der Waals surface area contributed by atoms with E-state index in [0.29, 0.717) is 12.3 Å². The van der Waals surface area contributed by atoms with Gasteiger partial charge in [-0.2, -0.15) is 0 Å². The molecule has 0 fully saturated rings. The van der Waals surface area contributed by atoms with Gasteiger partial charge in [0.2, 0.25) is 0 Å². The molecule has 0 radical (unpaired) electrons. The Labute approximate surface area is 140 Å². The van der Waals surface area contributed by atoms with E-state index in [0.717, 1.165) is 31.6 Å². The van der Waals surface area contributed by atoms with E-state index in [-0.39, 0.29) is 18.3 Å². The second kappa shape index (κ2) is 6.15. The first-order valence-corrected chi connectivity index (χ1v) is 8.28. The smallest absolute Gasteiger partial charge is 0.265 e. The maximum atomic E-state index is 12.9. The van der Waals surface area contributed by atoms with Crippen molar-refractivity contribution in [3.05, 3.63) is 53.8 Å². The third kappa shape index (κ3) is 2.70. The van der Waals surface area contributed by atoms with Crippen molar-refractivity contribution in [1.82, 2.24) is 0 Å². The minimum Gasteiger partial charge on any atom is -0.484 e. The first kappa shape index (κ1) is 15.0. The van der Waals surface area contributed by atoms with Gasteiger partial charge in [0, 0.05) is 19.6 Å². The Balaban J connectivity index is 1.52. The second-order valence-electron chi connectivity index (χ2n) is 6.16. The third-order valence-corrected chi connectivity index (χ3v) is 4.65. The quantitative estimate of drug-likeness (QED) is 0.869. The summed E-state index contributed by atoms with van der Waals surface area (Å²) in [5, 5.41) is 0. The summed E-state index contributed by atoms with van der Waals surface area (Å²) in [7, 11) is 0. The fraction of sp³-hybridized carbons (Fsp3) is 0.316. The van der Waals surface area contributed by atoms with E-state index in [1.807, 2.05) is 17.0 Å². The Bertz CT molecular complexity index is 760. The molecule has 24 heavy (non-hydrogen) atoms. The molecular formula is C19H19FN2O2. The summed E-state index contributed by atoms with van der Waals surface area (Å²) in [6.45, 7) is 2.53. The molecule has 0 aliphatic carbocycles. The Morgan fingerprint density at radius 3 is 2.75 bits per heavy atom. The van der Waals surface area contributed by atoms with Crippen molar-refractivity contribution >= 4 is 17.3 Å². The molecule has 0 atom stereocenters. The summed E-state index contributed by atoms with van der Waals surface area (Å²) in [4.78, 5) is 16.8. The van der Waals surface area contributed by atoms with Gasteiger partial charge in [-0.15, -0.1) is 0 Å². The predicted octanol–water partition coefficient (Wildman–Crippen LogP) is 3.00. The molecule has 5 heteroatoms.